The average Bonchev–Trinajstić information content (AvgIpc) is 3.41. The van der Waals surface area contributed by atoms with Crippen molar-refractivity contribution >= 4 is 5.82 Å². The number of aromatic nitrogens is 2. The highest BCUT2D eigenvalue weighted by Gasteiger charge is 2.43. The van der Waals surface area contributed by atoms with Crippen LogP contribution in [0.1, 0.15) is 34.0 Å². The van der Waals surface area contributed by atoms with Gasteiger partial charge in [0.15, 0.2) is 17.5 Å². The lowest BCUT2D eigenvalue weighted by atomic mass is 10.00. The molecule has 2 aromatic rings. The van der Waals surface area contributed by atoms with Crippen molar-refractivity contribution in [2.75, 3.05) is 38.1 Å². The average molecular weight is 502 g/mol. The highest BCUT2D eigenvalue weighted by Crippen LogP contribution is 2.42. The fourth-order valence-electron chi connectivity index (χ4n) is 5.39. The Morgan fingerprint density at radius 3 is 2.37 bits per heavy atom. The fraction of sp³-hybridized carbons (Fsp3) is 0.583. The van der Waals surface area contributed by atoms with Gasteiger partial charge in [0.05, 0.1) is 5.69 Å². The van der Waals surface area contributed by atoms with Crippen LogP contribution in [0.2, 0.25) is 0 Å². The third kappa shape index (κ3) is 5.25. The molecule has 190 valence electrons. The molecule has 5 rings (SSSR count). The van der Waals surface area contributed by atoms with Crippen LogP contribution >= 0.6 is 0 Å². The summed E-state index contributed by atoms with van der Waals surface area (Å²) in [6.07, 6.45) is -2.49. The normalized spacial score (nSPS) is 27.0. The summed E-state index contributed by atoms with van der Waals surface area (Å²) in [5, 5.41) is 10.1. The molecule has 35 heavy (non-hydrogen) atoms. The number of anilines is 1. The van der Waals surface area contributed by atoms with Crippen LogP contribution in [-0.4, -0.2) is 53.9 Å². The lowest BCUT2D eigenvalue weighted by Crippen LogP contribution is -2.32. The predicted octanol–water partition coefficient (Wildman–Crippen LogP) is 5.13. The predicted molar refractivity (Wildman–Crippen MR) is 116 cm³/mol. The Hall–Kier alpha value is -2.40. The van der Waals surface area contributed by atoms with Gasteiger partial charge in [-0.2, -0.15) is 13.2 Å². The molecule has 1 aliphatic carbocycles. The number of rotatable bonds is 5. The van der Waals surface area contributed by atoms with Crippen LogP contribution in [0.3, 0.4) is 0 Å². The zero-order valence-electron chi connectivity index (χ0n) is 20.7. The topological polar surface area (TPSA) is 50.3 Å². The van der Waals surface area contributed by atoms with Gasteiger partial charge in [-0.3, -0.25) is 0 Å². The van der Waals surface area contributed by atoms with Crippen LogP contribution in [0.25, 0.3) is 11.3 Å². The SMILES string of the molecule is [2H]C([2H])(C1CCOCC1)N1C[C@H]2CC(Nc3nnc(-c4cc(F)cc(F)c4F)cc3C(F)(F)F)C[C@H]2C1. The number of benzene rings is 1. The quantitative estimate of drug-likeness (QED) is 0.454. The van der Waals surface area contributed by atoms with Crippen molar-refractivity contribution in [2.45, 2.75) is 37.9 Å². The Bertz CT molecular complexity index is 1150. The standard InChI is InChI=1S/C24H26F6N4O/c25-16-7-18(22(27)20(26)8-16)21-9-19(24(28,29)30)23(33-32-21)31-17-5-14-11-34(12-15(14)6-17)10-13-1-3-35-4-2-13/h7-9,13-15,17H,1-6,10-12H2,(H,31,33)/t14-,15+,17?/i10D2. The van der Waals surface area contributed by atoms with Crippen molar-refractivity contribution in [3.05, 3.63) is 41.2 Å². The minimum atomic E-state index is -4.87. The summed E-state index contributed by atoms with van der Waals surface area (Å²) in [5.41, 5.74) is -2.60. The number of halogens is 6. The van der Waals surface area contributed by atoms with E-state index >= 15 is 0 Å². The van der Waals surface area contributed by atoms with Crippen molar-refractivity contribution in [3.63, 3.8) is 0 Å². The van der Waals surface area contributed by atoms with Crippen LogP contribution in [0.4, 0.5) is 32.2 Å². The molecule has 3 aliphatic rings. The molecule has 2 aliphatic heterocycles. The first kappa shape index (κ1) is 21.8. The van der Waals surface area contributed by atoms with Crippen molar-refractivity contribution < 1.29 is 33.8 Å². The Balaban J connectivity index is 1.30. The van der Waals surface area contributed by atoms with E-state index in [0.29, 0.717) is 70.2 Å². The van der Waals surface area contributed by atoms with E-state index in [1.54, 1.807) is 0 Å². The maximum Gasteiger partial charge on any atom is 0.420 e. The Morgan fingerprint density at radius 1 is 1.03 bits per heavy atom. The molecule has 0 radical (unpaired) electrons. The smallest absolute Gasteiger partial charge is 0.381 e. The number of fused-ring (bicyclic) bond motifs is 1. The molecule has 0 bridgehead atoms. The second-order valence-corrected chi connectivity index (χ2v) is 9.49. The summed E-state index contributed by atoms with van der Waals surface area (Å²) in [7, 11) is 0. The van der Waals surface area contributed by atoms with Crippen molar-refractivity contribution in [1.29, 1.82) is 0 Å². The highest BCUT2D eigenvalue weighted by molar-refractivity contribution is 5.63. The monoisotopic (exact) mass is 502 g/mol. The lowest BCUT2D eigenvalue weighted by Gasteiger charge is -2.28. The van der Waals surface area contributed by atoms with E-state index in [0.717, 1.165) is 0 Å². The van der Waals surface area contributed by atoms with Crippen LogP contribution in [-0.2, 0) is 10.9 Å². The number of nitrogens with zero attached hydrogens (tertiary/aromatic N) is 3. The third-order valence-corrected chi connectivity index (χ3v) is 7.05. The van der Waals surface area contributed by atoms with Crippen molar-refractivity contribution in [2.24, 2.45) is 17.8 Å². The van der Waals surface area contributed by atoms with Gasteiger partial charge in [0.2, 0.25) is 0 Å². The zero-order chi connectivity index (χ0) is 26.5. The molecule has 1 aromatic heterocycles. The van der Waals surface area contributed by atoms with Gasteiger partial charge in [-0.15, -0.1) is 10.2 Å². The lowest BCUT2D eigenvalue weighted by molar-refractivity contribution is -0.137. The van der Waals surface area contributed by atoms with Gasteiger partial charge in [-0.1, -0.05) is 0 Å². The molecule has 3 fully saturated rings. The first-order chi connectivity index (χ1) is 17.4. The second kappa shape index (κ2) is 9.57. The van der Waals surface area contributed by atoms with Gasteiger partial charge in [0.1, 0.15) is 11.4 Å². The van der Waals surface area contributed by atoms with Gasteiger partial charge in [0, 0.05) is 53.2 Å². The molecule has 0 amide bonds. The molecule has 1 unspecified atom stereocenters. The Morgan fingerprint density at radius 2 is 1.71 bits per heavy atom. The molecule has 1 saturated carbocycles. The van der Waals surface area contributed by atoms with Gasteiger partial charge in [-0.25, -0.2) is 13.2 Å². The first-order valence-electron chi connectivity index (χ1n) is 12.6. The number of alkyl halides is 3. The first-order valence-corrected chi connectivity index (χ1v) is 11.6. The van der Waals surface area contributed by atoms with Gasteiger partial charge in [0.25, 0.3) is 0 Å². The zero-order valence-corrected chi connectivity index (χ0v) is 18.7. The van der Waals surface area contributed by atoms with E-state index < -0.39 is 52.8 Å². The van der Waals surface area contributed by atoms with E-state index in [-0.39, 0.29) is 23.8 Å². The molecular formula is C24H26F6N4O. The summed E-state index contributed by atoms with van der Waals surface area (Å²) in [5.74, 6) is -4.61. The minimum absolute atomic E-state index is 0.117. The van der Waals surface area contributed by atoms with E-state index in [4.69, 9.17) is 7.48 Å². The molecule has 1 N–H and O–H groups in total. The van der Waals surface area contributed by atoms with Gasteiger partial charge in [-0.05, 0) is 55.6 Å². The molecule has 5 nitrogen and oxygen atoms in total. The molecular weight excluding hydrogens is 474 g/mol. The fourth-order valence-corrected chi connectivity index (χ4v) is 5.39. The van der Waals surface area contributed by atoms with E-state index in [1.807, 2.05) is 4.90 Å². The number of ether oxygens (including phenoxy) is 1. The van der Waals surface area contributed by atoms with Crippen molar-refractivity contribution in [3.8, 4) is 11.3 Å². The molecule has 2 saturated heterocycles. The molecule has 0 spiro atoms. The summed E-state index contributed by atoms with van der Waals surface area (Å²) in [4.78, 5) is 1.86. The van der Waals surface area contributed by atoms with E-state index in [1.165, 1.54) is 0 Å². The summed E-state index contributed by atoms with van der Waals surface area (Å²) in [6, 6.07) is 1.06. The van der Waals surface area contributed by atoms with Gasteiger partial charge < -0.3 is 15.0 Å². The van der Waals surface area contributed by atoms with E-state index in [9.17, 15) is 26.3 Å². The molecule has 1 aromatic carbocycles. The molecule has 11 heteroatoms. The maximum absolute atomic E-state index is 14.1. The minimum Gasteiger partial charge on any atom is -0.381 e. The van der Waals surface area contributed by atoms with Crippen molar-refractivity contribution in [1.82, 2.24) is 15.1 Å². The summed E-state index contributed by atoms with van der Waals surface area (Å²) < 4.78 is 106. The number of hydrogen-bond donors (Lipinski definition) is 1. The largest absolute Gasteiger partial charge is 0.420 e. The second-order valence-electron chi connectivity index (χ2n) is 9.49. The summed E-state index contributed by atoms with van der Waals surface area (Å²) in [6.45, 7) is 0.661. The number of likely N-dealkylation sites (tertiary alicyclic amines) is 1. The number of hydrogen-bond acceptors (Lipinski definition) is 5. The highest BCUT2D eigenvalue weighted by atomic mass is 19.4. The maximum atomic E-state index is 14.1. The van der Waals surface area contributed by atoms with Gasteiger partial charge >= 0.3 is 6.18 Å². The molecule has 3 heterocycles. The third-order valence-electron chi connectivity index (χ3n) is 7.05. The van der Waals surface area contributed by atoms with Crippen LogP contribution in [0, 0.1) is 35.2 Å². The number of nitrogens with one attached hydrogen (secondary N) is 1. The van der Waals surface area contributed by atoms with Crippen LogP contribution < -0.4 is 5.32 Å². The Labute approximate surface area is 201 Å². The summed E-state index contributed by atoms with van der Waals surface area (Å²) >= 11 is 0. The molecule has 3 atom stereocenters. The van der Waals surface area contributed by atoms with Crippen LogP contribution in [0.15, 0.2) is 18.2 Å². The van der Waals surface area contributed by atoms with E-state index in [2.05, 4.69) is 15.5 Å². The van der Waals surface area contributed by atoms with Crippen LogP contribution in [0.5, 0.6) is 0 Å². The Kier molecular flexibility index (Phi) is 5.97.